The second kappa shape index (κ2) is 7.20. The van der Waals surface area contributed by atoms with Crippen LogP contribution in [0.2, 0.25) is 0 Å². The second-order valence-corrected chi connectivity index (χ2v) is 6.92. The Kier molecular flexibility index (Phi) is 5.00. The Morgan fingerprint density at radius 3 is 2.84 bits per heavy atom. The molecular formula is C17H17N3O3S2. The smallest absolute Gasteiger partial charge is 0.273 e. The lowest BCUT2D eigenvalue weighted by Gasteiger charge is -2.12. The third kappa shape index (κ3) is 3.22. The Morgan fingerprint density at radius 1 is 1.36 bits per heavy atom. The lowest BCUT2D eigenvalue weighted by Crippen LogP contribution is -2.21. The van der Waals surface area contributed by atoms with Gasteiger partial charge in [0, 0.05) is 12.1 Å². The van der Waals surface area contributed by atoms with Crippen molar-refractivity contribution in [2.75, 3.05) is 14.2 Å². The molecule has 0 bridgehead atoms. The molecule has 0 amide bonds. The number of allylic oxidation sites excluding steroid dienone is 1. The summed E-state index contributed by atoms with van der Waals surface area (Å²) in [6, 6.07) is 5.48. The van der Waals surface area contributed by atoms with E-state index in [1.165, 1.54) is 17.7 Å². The Labute approximate surface area is 153 Å². The van der Waals surface area contributed by atoms with Crippen molar-refractivity contribution in [2.24, 2.45) is 0 Å². The Hall–Kier alpha value is -2.45. The van der Waals surface area contributed by atoms with Gasteiger partial charge in [0.15, 0.2) is 9.60 Å². The normalized spacial score (nSPS) is 10.8. The molecular weight excluding hydrogens is 358 g/mol. The zero-order chi connectivity index (χ0) is 18.0. The highest BCUT2D eigenvalue weighted by Crippen LogP contribution is 2.25. The molecule has 3 aromatic rings. The van der Waals surface area contributed by atoms with Crippen LogP contribution in [-0.4, -0.2) is 28.3 Å². The molecule has 0 aliphatic carbocycles. The molecule has 1 aromatic carbocycles. The number of nitrogens with zero attached hydrogens (tertiary/aromatic N) is 3. The van der Waals surface area contributed by atoms with Crippen LogP contribution in [-0.2, 0) is 13.1 Å². The summed E-state index contributed by atoms with van der Waals surface area (Å²) in [7, 11) is 3.19. The molecule has 0 N–H and O–H groups in total. The summed E-state index contributed by atoms with van der Waals surface area (Å²) in [6.07, 6.45) is 3.26. The zero-order valence-electron chi connectivity index (χ0n) is 13.9. The van der Waals surface area contributed by atoms with E-state index in [0.717, 1.165) is 5.56 Å². The lowest BCUT2D eigenvalue weighted by molar-refractivity contribution is 0.397. The van der Waals surface area contributed by atoms with Crippen LogP contribution >= 0.6 is 23.6 Å². The summed E-state index contributed by atoms with van der Waals surface area (Å²) in [5, 5.41) is 0. The number of aromatic nitrogens is 3. The van der Waals surface area contributed by atoms with Crippen LogP contribution in [0.5, 0.6) is 11.5 Å². The minimum Gasteiger partial charge on any atom is -0.497 e. The third-order valence-corrected chi connectivity index (χ3v) is 5.21. The molecule has 130 valence electrons. The summed E-state index contributed by atoms with van der Waals surface area (Å²) >= 11 is 6.60. The fourth-order valence-corrected chi connectivity index (χ4v) is 3.88. The number of rotatable bonds is 6. The second-order valence-electron chi connectivity index (χ2n) is 5.28. The predicted octanol–water partition coefficient (Wildman–Crippen LogP) is 3.24. The van der Waals surface area contributed by atoms with Crippen LogP contribution in [0, 0.1) is 3.95 Å². The molecule has 0 saturated heterocycles. The van der Waals surface area contributed by atoms with E-state index in [2.05, 4.69) is 11.6 Å². The number of benzene rings is 1. The van der Waals surface area contributed by atoms with E-state index in [1.807, 2.05) is 18.2 Å². The van der Waals surface area contributed by atoms with Gasteiger partial charge in [0.25, 0.3) is 5.56 Å². The van der Waals surface area contributed by atoms with Crippen molar-refractivity contribution in [3.63, 3.8) is 0 Å². The Balaban J connectivity index is 2.09. The van der Waals surface area contributed by atoms with Gasteiger partial charge >= 0.3 is 0 Å². The van der Waals surface area contributed by atoms with Crippen LogP contribution < -0.4 is 15.0 Å². The fourth-order valence-electron chi connectivity index (χ4n) is 2.56. The monoisotopic (exact) mass is 375 g/mol. The summed E-state index contributed by atoms with van der Waals surface area (Å²) in [5.41, 5.74) is 1.29. The average Bonchev–Trinajstić information content (AvgIpc) is 2.94. The SMILES string of the molecule is C=CCn1c(=S)sc2c(=O)n(Cc3cc(OC)ccc3OC)cnc21. The summed E-state index contributed by atoms with van der Waals surface area (Å²) in [5.74, 6) is 1.38. The molecule has 0 atom stereocenters. The van der Waals surface area contributed by atoms with Crippen LogP contribution in [0.4, 0.5) is 0 Å². The van der Waals surface area contributed by atoms with Crippen molar-refractivity contribution in [2.45, 2.75) is 13.1 Å². The first-order chi connectivity index (χ1) is 12.1. The van der Waals surface area contributed by atoms with Crippen molar-refractivity contribution in [1.82, 2.24) is 14.1 Å². The molecule has 0 unspecified atom stereocenters. The molecule has 0 aliphatic heterocycles. The average molecular weight is 375 g/mol. The first kappa shape index (κ1) is 17.4. The molecule has 3 rings (SSSR count). The molecule has 8 heteroatoms. The molecule has 0 saturated carbocycles. The van der Waals surface area contributed by atoms with E-state index in [9.17, 15) is 4.79 Å². The summed E-state index contributed by atoms with van der Waals surface area (Å²) in [6.45, 7) is 4.57. The molecule has 2 heterocycles. The van der Waals surface area contributed by atoms with Gasteiger partial charge in [-0.3, -0.25) is 9.36 Å². The zero-order valence-corrected chi connectivity index (χ0v) is 15.5. The quantitative estimate of drug-likeness (QED) is 0.489. The maximum absolute atomic E-state index is 12.8. The highest BCUT2D eigenvalue weighted by atomic mass is 32.1. The van der Waals surface area contributed by atoms with Crippen molar-refractivity contribution >= 4 is 33.9 Å². The number of hydrogen-bond donors (Lipinski definition) is 0. The van der Waals surface area contributed by atoms with Gasteiger partial charge < -0.3 is 14.0 Å². The summed E-state index contributed by atoms with van der Waals surface area (Å²) < 4.78 is 15.1. The standard InChI is InChI=1S/C17H17N3O3S2/c1-4-7-20-15-14(25-17(20)24)16(21)19(10-18-15)9-11-8-12(22-2)5-6-13(11)23-3/h4-6,8,10H,1,7,9H2,2-3H3. The largest absolute Gasteiger partial charge is 0.497 e. The first-order valence-electron chi connectivity index (χ1n) is 7.49. The molecule has 0 aliphatic rings. The van der Waals surface area contributed by atoms with Gasteiger partial charge in [-0.05, 0) is 30.4 Å². The maximum Gasteiger partial charge on any atom is 0.273 e. The van der Waals surface area contributed by atoms with E-state index < -0.39 is 0 Å². The maximum atomic E-state index is 12.8. The van der Waals surface area contributed by atoms with Crippen molar-refractivity contribution in [1.29, 1.82) is 0 Å². The minimum absolute atomic E-state index is 0.131. The third-order valence-electron chi connectivity index (χ3n) is 3.78. The number of hydrogen-bond acceptors (Lipinski definition) is 6. The number of ether oxygens (including phenoxy) is 2. The predicted molar refractivity (Wildman–Crippen MR) is 102 cm³/mol. The van der Waals surface area contributed by atoms with Crippen molar-refractivity contribution < 1.29 is 9.47 Å². The van der Waals surface area contributed by atoms with E-state index in [1.54, 1.807) is 29.4 Å². The highest BCUT2D eigenvalue weighted by molar-refractivity contribution is 7.73. The molecule has 0 radical (unpaired) electrons. The van der Waals surface area contributed by atoms with Crippen molar-refractivity contribution in [3.8, 4) is 11.5 Å². The van der Waals surface area contributed by atoms with Gasteiger partial charge in [0.1, 0.15) is 22.5 Å². The Morgan fingerprint density at radius 2 is 2.16 bits per heavy atom. The molecule has 25 heavy (non-hydrogen) atoms. The Bertz CT molecular complexity index is 1050. The number of thiazole rings is 1. The lowest BCUT2D eigenvalue weighted by atomic mass is 10.2. The van der Waals surface area contributed by atoms with Crippen LogP contribution in [0.1, 0.15) is 5.56 Å². The van der Waals surface area contributed by atoms with Crippen LogP contribution in [0.25, 0.3) is 10.3 Å². The van der Waals surface area contributed by atoms with E-state index in [4.69, 9.17) is 21.7 Å². The molecule has 6 nitrogen and oxygen atoms in total. The number of methoxy groups -OCH3 is 2. The molecule has 2 aromatic heterocycles. The molecule has 0 fully saturated rings. The van der Waals surface area contributed by atoms with Crippen LogP contribution in [0.3, 0.4) is 0 Å². The van der Waals surface area contributed by atoms with Crippen LogP contribution in [0.15, 0.2) is 42.0 Å². The first-order valence-corrected chi connectivity index (χ1v) is 8.72. The van der Waals surface area contributed by atoms with Gasteiger partial charge in [-0.25, -0.2) is 4.98 Å². The topological polar surface area (TPSA) is 58.3 Å². The van der Waals surface area contributed by atoms with Gasteiger partial charge in [-0.15, -0.1) is 6.58 Å². The van der Waals surface area contributed by atoms with E-state index >= 15 is 0 Å². The number of fused-ring (bicyclic) bond motifs is 1. The minimum atomic E-state index is -0.131. The summed E-state index contributed by atoms with van der Waals surface area (Å²) in [4.78, 5) is 17.3. The van der Waals surface area contributed by atoms with Gasteiger partial charge in [-0.1, -0.05) is 17.4 Å². The van der Waals surface area contributed by atoms with Gasteiger partial charge in [-0.2, -0.15) is 0 Å². The molecule has 0 spiro atoms. The fraction of sp³-hybridized carbons (Fsp3) is 0.235. The van der Waals surface area contributed by atoms with Gasteiger partial charge in [0.05, 0.1) is 20.8 Å². The van der Waals surface area contributed by atoms with E-state index in [-0.39, 0.29) is 5.56 Å². The highest BCUT2D eigenvalue weighted by Gasteiger charge is 2.13. The van der Waals surface area contributed by atoms with E-state index in [0.29, 0.717) is 38.9 Å². The van der Waals surface area contributed by atoms with Crippen molar-refractivity contribution in [3.05, 3.63) is 57.1 Å². The van der Waals surface area contributed by atoms with Gasteiger partial charge in [0.2, 0.25) is 0 Å².